The molecule has 2 aliphatic rings. The van der Waals surface area contributed by atoms with E-state index >= 15 is 0 Å². The van der Waals surface area contributed by atoms with E-state index in [-0.39, 0.29) is 36.6 Å². The van der Waals surface area contributed by atoms with Crippen LogP contribution in [0.1, 0.15) is 64.2 Å². The number of aromatic hydroxyl groups is 1. The van der Waals surface area contributed by atoms with Crippen molar-refractivity contribution in [3.8, 4) is 28.1 Å². The number of morpholine rings is 1. The van der Waals surface area contributed by atoms with Gasteiger partial charge in [-0.3, -0.25) is 24.4 Å². The van der Waals surface area contributed by atoms with Gasteiger partial charge in [-0.1, -0.05) is 39.8 Å². The monoisotopic (exact) mass is 853 g/mol. The number of benzene rings is 2. The third-order valence-electron chi connectivity index (χ3n) is 11.8. The lowest BCUT2D eigenvalue weighted by Gasteiger charge is -2.37. The van der Waals surface area contributed by atoms with E-state index in [0.29, 0.717) is 71.0 Å². The van der Waals surface area contributed by atoms with Gasteiger partial charge in [-0.15, -0.1) is 0 Å². The van der Waals surface area contributed by atoms with Crippen molar-refractivity contribution >= 4 is 35.2 Å². The van der Waals surface area contributed by atoms with Crippen LogP contribution in [0.25, 0.3) is 33.3 Å². The minimum absolute atomic E-state index is 0.0147. The number of phenolic OH excluding ortho intramolecular Hbond substituents is 1. The van der Waals surface area contributed by atoms with Gasteiger partial charge in [0.1, 0.15) is 17.8 Å². The van der Waals surface area contributed by atoms with Crippen molar-refractivity contribution in [1.82, 2.24) is 35.1 Å². The van der Waals surface area contributed by atoms with Gasteiger partial charge >= 0.3 is 6.03 Å². The Kier molecular flexibility index (Phi) is 15.3. The van der Waals surface area contributed by atoms with Crippen LogP contribution in [0.3, 0.4) is 0 Å². The van der Waals surface area contributed by atoms with Crippen molar-refractivity contribution < 1.29 is 38.5 Å². The van der Waals surface area contributed by atoms with Crippen LogP contribution < -0.4 is 10.7 Å². The Hall–Kier alpha value is -5.51. The van der Waals surface area contributed by atoms with Crippen molar-refractivity contribution in [2.45, 2.75) is 85.5 Å². The number of nitrogens with zero attached hydrogens (tertiary/aromatic N) is 5. The maximum Gasteiger partial charge on any atom is 0.320 e. The van der Waals surface area contributed by atoms with Crippen molar-refractivity contribution in [3.63, 3.8) is 0 Å². The standard InChI is InChI=1S/C47H63N7O8/c1-8-53-41-12-11-33(25-37(41)38(26-47(4,5)29-62-30-55)43(53)39-27-48-15-13-34(39)28-60-7)35-21-32(22-36(56)24-35)23-40(45(58)54-16-10-9-14-49-54)50-44(57)42(31(2)3)51(6)46(59)52-17-19-61-20-18-52/h11-13,15,21-22,24-25,27,30-31,40,42,49,56H,8-10,14,16-20,23,26,28-29H2,1-7H3,(H,50,57). The van der Waals surface area contributed by atoms with E-state index in [1.165, 1.54) is 4.90 Å². The molecule has 62 heavy (non-hydrogen) atoms. The van der Waals surface area contributed by atoms with E-state index in [0.717, 1.165) is 57.3 Å². The van der Waals surface area contributed by atoms with E-state index < -0.39 is 23.4 Å². The van der Waals surface area contributed by atoms with Crippen LogP contribution >= 0.6 is 0 Å². The molecular weight excluding hydrogens is 791 g/mol. The lowest BCUT2D eigenvalue weighted by atomic mass is 9.84. The fourth-order valence-corrected chi connectivity index (χ4v) is 8.86. The quantitative estimate of drug-likeness (QED) is 0.115. The molecule has 0 aliphatic carbocycles. The molecule has 0 saturated carbocycles. The number of hydrogen-bond acceptors (Lipinski definition) is 10. The van der Waals surface area contributed by atoms with E-state index in [1.807, 2.05) is 38.2 Å². The van der Waals surface area contributed by atoms with Gasteiger partial charge in [0, 0.05) is 87.6 Å². The van der Waals surface area contributed by atoms with Crippen LogP contribution in [0.4, 0.5) is 4.79 Å². The molecule has 334 valence electrons. The second-order valence-electron chi connectivity index (χ2n) is 17.5. The van der Waals surface area contributed by atoms with Crippen molar-refractivity contribution in [2.24, 2.45) is 11.3 Å². The van der Waals surface area contributed by atoms with Gasteiger partial charge in [0.2, 0.25) is 5.91 Å². The number of carbonyl (C=O) groups is 4. The predicted molar refractivity (Wildman–Crippen MR) is 237 cm³/mol. The summed E-state index contributed by atoms with van der Waals surface area (Å²) in [7, 11) is 3.30. The van der Waals surface area contributed by atoms with Crippen LogP contribution in [-0.2, 0) is 54.6 Å². The summed E-state index contributed by atoms with van der Waals surface area (Å²) in [5, 5.41) is 16.9. The number of urea groups is 1. The molecule has 0 bridgehead atoms. The number of amides is 4. The second-order valence-corrected chi connectivity index (χ2v) is 17.5. The maximum absolute atomic E-state index is 14.3. The Morgan fingerprint density at radius 1 is 1.06 bits per heavy atom. The highest BCUT2D eigenvalue weighted by molar-refractivity contribution is 5.96. The maximum atomic E-state index is 14.3. The SMILES string of the molecule is CCn1c(-c2cnccc2COC)c(CC(C)(C)COC=O)c2cc(-c3cc(O)cc(CC(NC(=O)C(C(C)C)N(C)C(=O)N4CCOCC4)C(=O)N4CCCCN4)c3)ccc21. The van der Waals surface area contributed by atoms with Crippen LogP contribution in [0, 0.1) is 11.3 Å². The first-order chi connectivity index (χ1) is 29.8. The Morgan fingerprint density at radius 3 is 2.52 bits per heavy atom. The molecule has 0 spiro atoms. The van der Waals surface area contributed by atoms with Crippen molar-refractivity contribution in [3.05, 3.63) is 71.5 Å². The van der Waals surface area contributed by atoms with Crippen LogP contribution in [-0.4, -0.2) is 126 Å². The lowest BCUT2D eigenvalue weighted by molar-refractivity contribution is -0.141. The molecule has 15 heteroatoms. The molecule has 0 radical (unpaired) electrons. The Labute approximate surface area is 364 Å². The molecule has 4 heterocycles. The number of methoxy groups -OCH3 is 1. The highest BCUT2D eigenvalue weighted by atomic mass is 16.5. The average Bonchev–Trinajstić information content (AvgIpc) is 3.56. The summed E-state index contributed by atoms with van der Waals surface area (Å²) in [5.74, 6) is -0.966. The number of carbonyl (C=O) groups excluding carboxylic acids is 4. The third-order valence-corrected chi connectivity index (χ3v) is 11.8. The number of rotatable bonds is 17. The van der Waals surface area contributed by atoms with Crippen LogP contribution in [0.2, 0.25) is 0 Å². The second kappa shape index (κ2) is 20.6. The Balaban J connectivity index is 1.39. The minimum atomic E-state index is -0.997. The summed E-state index contributed by atoms with van der Waals surface area (Å²) in [6, 6.07) is 11.4. The number of ether oxygens (including phenoxy) is 3. The van der Waals surface area contributed by atoms with Crippen LogP contribution in [0.5, 0.6) is 5.75 Å². The third kappa shape index (κ3) is 10.6. The number of phenols is 1. The van der Waals surface area contributed by atoms with Gasteiger partial charge < -0.3 is 39.0 Å². The van der Waals surface area contributed by atoms with Gasteiger partial charge in [0.05, 0.1) is 32.1 Å². The highest BCUT2D eigenvalue weighted by Crippen LogP contribution is 2.41. The zero-order chi connectivity index (χ0) is 44.6. The number of fused-ring (bicyclic) bond motifs is 1. The summed E-state index contributed by atoms with van der Waals surface area (Å²) >= 11 is 0. The predicted octanol–water partition coefficient (Wildman–Crippen LogP) is 5.55. The highest BCUT2D eigenvalue weighted by Gasteiger charge is 2.36. The van der Waals surface area contributed by atoms with Gasteiger partial charge in [0.25, 0.3) is 12.4 Å². The number of hydrazine groups is 1. The van der Waals surface area contributed by atoms with Crippen molar-refractivity contribution in [2.75, 3.05) is 60.2 Å². The Morgan fingerprint density at radius 2 is 1.84 bits per heavy atom. The summed E-state index contributed by atoms with van der Waals surface area (Å²) in [4.78, 5) is 61.0. The molecule has 6 rings (SSSR count). The lowest BCUT2D eigenvalue weighted by Crippen LogP contribution is -2.60. The van der Waals surface area contributed by atoms with E-state index in [4.69, 9.17) is 14.2 Å². The van der Waals surface area contributed by atoms with E-state index in [9.17, 15) is 24.3 Å². The molecule has 2 aromatic carbocycles. The first-order valence-corrected chi connectivity index (χ1v) is 21.7. The van der Waals surface area contributed by atoms with Gasteiger partial charge in [-0.25, -0.2) is 10.2 Å². The van der Waals surface area contributed by atoms with Gasteiger partial charge in [-0.05, 0) is 90.3 Å². The topological polar surface area (TPSA) is 168 Å². The van der Waals surface area contributed by atoms with Crippen molar-refractivity contribution in [1.29, 1.82) is 0 Å². The fourth-order valence-electron chi connectivity index (χ4n) is 8.86. The van der Waals surface area contributed by atoms with E-state index in [1.54, 1.807) is 42.4 Å². The molecule has 4 amide bonds. The zero-order valence-corrected chi connectivity index (χ0v) is 37.2. The molecule has 2 atom stereocenters. The zero-order valence-electron chi connectivity index (χ0n) is 37.2. The van der Waals surface area contributed by atoms with E-state index in [2.05, 4.69) is 53.2 Å². The molecule has 2 fully saturated rings. The number of likely N-dealkylation sites (N-methyl/N-ethyl adjacent to an activating group) is 1. The van der Waals surface area contributed by atoms with Gasteiger partial charge in [-0.2, -0.15) is 0 Å². The Bertz CT molecular complexity index is 2210. The summed E-state index contributed by atoms with van der Waals surface area (Å²) in [5.41, 5.74) is 10.0. The summed E-state index contributed by atoms with van der Waals surface area (Å²) < 4.78 is 18.6. The smallest absolute Gasteiger partial charge is 0.320 e. The normalized spacial score (nSPS) is 15.7. The molecule has 3 N–H and O–H groups in total. The summed E-state index contributed by atoms with van der Waals surface area (Å²) in [6.07, 6.45) is 6.05. The summed E-state index contributed by atoms with van der Waals surface area (Å²) in [6.45, 7) is 14.7. The first kappa shape index (κ1) is 46.0. The minimum Gasteiger partial charge on any atom is -0.508 e. The molecule has 2 aliphatic heterocycles. The van der Waals surface area contributed by atoms with Crippen LogP contribution in [0.15, 0.2) is 54.9 Å². The molecule has 15 nitrogen and oxygen atoms in total. The molecule has 2 saturated heterocycles. The number of nitrogens with one attached hydrogen (secondary N) is 2. The number of aromatic nitrogens is 2. The van der Waals surface area contributed by atoms with Gasteiger partial charge in [0.15, 0.2) is 0 Å². The molecule has 4 aromatic rings. The largest absolute Gasteiger partial charge is 0.508 e. The molecular formula is C47H63N7O8. The average molecular weight is 854 g/mol. The molecule has 2 aromatic heterocycles. The first-order valence-electron chi connectivity index (χ1n) is 21.7. The number of pyridine rings is 1. The fraction of sp³-hybridized carbons (Fsp3) is 0.511. The molecule has 2 unspecified atom stereocenters. The number of hydrogen-bond donors (Lipinski definition) is 3. The number of aryl methyl sites for hydroxylation is 1.